The predicted octanol–water partition coefficient (Wildman–Crippen LogP) is 3.32. The van der Waals surface area contributed by atoms with Gasteiger partial charge in [0.05, 0.1) is 0 Å². The zero-order chi connectivity index (χ0) is 8.72. The Bertz CT molecular complexity index is 190. The van der Waals surface area contributed by atoms with Crippen LogP contribution >= 0.6 is 0 Å². The van der Waals surface area contributed by atoms with Gasteiger partial charge in [-0.2, -0.15) is 0 Å². The number of rotatable bonds is 0. The van der Waals surface area contributed by atoms with Crippen molar-refractivity contribution in [1.82, 2.24) is 0 Å². The van der Waals surface area contributed by atoms with Crippen LogP contribution in [-0.4, -0.2) is 0 Å². The van der Waals surface area contributed by atoms with E-state index in [1.54, 1.807) is 12.8 Å². The lowest BCUT2D eigenvalue weighted by atomic mass is 10.0. The van der Waals surface area contributed by atoms with Gasteiger partial charge in [0.1, 0.15) is 0 Å². The van der Waals surface area contributed by atoms with Crippen molar-refractivity contribution in [2.45, 2.75) is 40.5 Å². The first-order valence-electron chi connectivity index (χ1n) is 5.45. The van der Waals surface area contributed by atoms with Gasteiger partial charge in [-0.25, -0.2) is 0 Å². The second-order valence-electron chi connectivity index (χ2n) is 6.54. The standard InChI is InChI=1S/C12H20/c1-11(2)7-5-9-10(6-8(7)11)12(9,3)4/h7-10H,5-6H2,1-4H3. The van der Waals surface area contributed by atoms with Gasteiger partial charge in [0.15, 0.2) is 0 Å². The average molecular weight is 164 g/mol. The molecule has 3 aliphatic carbocycles. The monoisotopic (exact) mass is 164 g/mol. The second kappa shape index (κ2) is 1.63. The fraction of sp³-hybridized carbons (Fsp3) is 1.00. The van der Waals surface area contributed by atoms with Gasteiger partial charge in [-0.3, -0.25) is 0 Å². The van der Waals surface area contributed by atoms with E-state index in [0.29, 0.717) is 0 Å². The molecule has 3 rings (SSSR count). The molecule has 0 spiro atoms. The summed E-state index contributed by atoms with van der Waals surface area (Å²) in [6.45, 7) is 9.89. The molecule has 0 aromatic carbocycles. The maximum absolute atomic E-state index is 2.47. The van der Waals surface area contributed by atoms with E-state index in [4.69, 9.17) is 0 Å². The third-order valence-electron chi connectivity index (χ3n) is 5.59. The average Bonchev–Trinajstić information content (AvgIpc) is 2.72. The summed E-state index contributed by atoms with van der Waals surface area (Å²) in [6, 6.07) is 0. The molecule has 3 fully saturated rings. The van der Waals surface area contributed by atoms with Gasteiger partial charge in [-0.1, -0.05) is 27.7 Å². The fourth-order valence-corrected chi connectivity index (χ4v) is 4.13. The number of fused-ring (bicyclic) bond motifs is 2. The fourth-order valence-electron chi connectivity index (χ4n) is 4.13. The second-order valence-corrected chi connectivity index (χ2v) is 6.54. The van der Waals surface area contributed by atoms with Gasteiger partial charge in [0.25, 0.3) is 0 Å². The predicted molar refractivity (Wildman–Crippen MR) is 50.8 cm³/mol. The Labute approximate surface area is 75.7 Å². The number of hydrogen-bond acceptors (Lipinski definition) is 0. The minimum absolute atomic E-state index is 0.726. The van der Waals surface area contributed by atoms with Crippen LogP contribution in [0.3, 0.4) is 0 Å². The lowest BCUT2D eigenvalue weighted by Crippen LogP contribution is -1.95. The summed E-state index contributed by atoms with van der Waals surface area (Å²) in [4.78, 5) is 0. The summed E-state index contributed by atoms with van der Waals surface area (Å²) < 4.78 is 0. The van der Waals surface area contributed by atoms with Crippen LogP contribution in [-0.2, 0) is 0 Å². The zero-order valence-corrected chi connectivity index (χ0v) is 8.72. The van der Waals surface area contributed by atoms with Crippen LogP contribution in [0.2, 0.25) is 0 Å². The molecular weight excluding hydrogens is 144 g/mol. The van der Waals surface area contributed by atoms with Crippen molar-refractivity contribution < 1.29 is 0 Å². The van der Waals surface area contributed by atoms with Gasteiger partial charge in [0.2, 0.25) is 0 Å². The lowest BCUT2D eigenvalue weighted by molar-refractivity contribution is 0.457. The molecule has 0 bridgehead atoms. The molecule has 0 N–H and O–H groups in total. The third kappa shape index (κ3) is 0.625. The van der Waals surface area contributed by atoms with Gasteiger partial charge in [0, 0.05) is 0 Å². The van der Waals surface area contributed by atoms with Crippen LogP contribution < -0.4 is 0 Å². The van der Waals surface area contributed by atoms with E-state index in [9.17, 15) is 0 Å². The van der Waals surface area contributed by atoms with Crippen LogP contribution in [0.15, 0.2) is 0 Å². The molecule has 0 aliphatic heterocycles. The molecule has 0 heterocycles. The van der Waals surface area contributed by atoms with Crippen LogP contribution in [0.1, 0.15) is 40.5 Å². The Morgan fingerprint density at radius 3 is 1.17 bits per heavy atom. The molecule has 4 unspecified atom stereocenters. The van der Waals surface area contributed by atoms with Crippen molar-refractivity contribution in [3.05, 3.63) is 0 Å². The van der Waals surface area contributed by atoms with Gasteiger partial charge in [-0.05, 0) is 47.3 Å². The number of hydrogen-bond donors (Lipinski definition) is 0. The summed E-state index contributed by atoms with van der Waals surface area (Å²) in [5.41, 5.74) is 1.45. The van der Waals surface area contributed by atoms with E-state index in [1.165, 1.54) is 0 Å². The van der Waals surface area contributed by atoms with E-state index >= 15 is 0 Å². The molecule has 0 amide bonds. The SMILES string of the molecule is CC1(C)C2CC3C(CC21)C3(C)C. The molecular formula is C12H20. The quantitative estimate of drug-likeness (QED) is 0.515. The highest BCUT2D eigenvalue weighted by Gasteiger charge is 2.70. The van der Waals surface area contributed by atoms with Crippen molar-refractivity contribution in [3.8, 4) is 0 Å². The van der Waals surface area contributed by atoms with Crippen LogP contribution in [0.5, 0.6) is 0 Å². The molecule has 0 radical (unpaired) electrons. The Morgan fingerprint density at radius 1 is 0.667 bits per heavy atom. The summed E-state index contributed by atoms with van der Waals surface area (Å²) in [5.74, 6) is 4.39. The van der Waals surface area contributed by atoms with E-state index in [0.717, 1.165) is 34.5 Å². The van der Waals surface area contributed by atoms with Crippen molar-refractivity contribution in [2.75, 3.05) is 0 Å². The Balaban J connectivity index is 1.80. The smallest absolute Gasteiger partial charge is 0.0292 e. The largest absolute Gasteiger partial charge is 0.0594 e. The normalized spacial score (nSPS) is 57.0. The van der Waals surface area contributed by atoms with Crippen LogP contribution in [0.4, 0.5) is 0 Å². The molecule has 0 saturated heterocycles. The van der Waals surface area contributed by atoms with Crippen molar-refractivity contribution in [2.24, 2.45) is 34.5 Å². The molecule has 68 valence electrons. The zero-order valence-electron chi connectivity index (χ0n) is 8.72. The van der Waals surface area contributed by atoms with Gasteiger partial charge >= 0.3 is 0 Å². The summed E-state index contributed by atoms with van der Waals surface area (Å²) >= 11 is 0. The molecule has 0 nitrogen and oxygen atoms in total. The van der Waals surface area contributed by atoms with Crippen molar-refractivity contribution in [3.63, 3.8) is 0 Å². The third-order valence-corrected chi connectivity index (χ3v) is 5.59. The molecule has 3 saturated carbocycles. The summed E-state index contributed by atoms with van der Waals surface area (Å²) in [7, 11) is 0. The minimum atomic E-state index is 0.726. The molecule has 12 heavy (non-hydrogen) atoms. The summed E-state index contributed by atoms with van der Waals surface area (Å²) in [5, 5.41) is 0. The Hall–Kier alpha value is 0. The van der Waals surface area contributed by atoms with E-state index in [2.05, 4.69) is 27.7 Å². The molecule has 4 atom stereocenters. The van der Waals surface area contributed by atoms with Crippen molar-refractivity contribution >= 4 is 0 Å². The van der Waals surface area contributed by atoms with Crippen LogP contribution in [0.25, 0.3) is 0 Å². The first kappa shape index (κ1) is 7.41. The van der Waals surface area contributed by atoms with Crippen molar-refractivity contribution in [1.29, 1.82) is 0 Å². The molecule has 0 aromatic rings. The molecule has 0 aromatic heterocycles. The van der Waals surface area contributed by atoms with E-state index in [1.807, 2.05) is 0 Å². The highest BCUT2D eigenvalue weighted by atomic mass is 14.7. The Kier molecular flexibility index (Phi) is 1.00. The molecule has 0 heteroatoms. The highest BCUT2D eigenvalue weighted by molar-refractivity contribution is 5.19. The highest BCUT2D eigenvalue weighted by Crippen LogP contribution is 2.77. The van der Waals surface area contributed by atoms with E-state index < -0.39 is 0 Å². The first-order chi connectivity index (χ1) is 5.45. The molecule has 3 aliphatic rings. The topological polar surface area (TPSA) is 0 Å². The van der Waals surface area contributed by atoms with Gasteiger partial charge < -0.3 is 0 Å². The van der Waals surface area contributed by atoms with E-state index in [-0.39, 0.29) is 0 Å². The maximum Gasteiger partial charge on any atom is -0.0292 e. The van der Waals surface area contributed by atoms with Crippen LogP contribution in [0, 0.1) is 34.5 Å². The first-order valence-corrected chi connectivity index (χ1v) is 5.45. The Morgan fingerprint density at radius 2 is 0.917 bits per heavy atom. The lowest BCUT2D eigenvalue weighted by Gasteiger charge is -2.04. The minimum Gasteiger partial charge on any atom is -0.0594 e. The maximum atomic E-state index is 2.47. The summed E-state index contributed by atoms with van der Waals surface area (Å²) in [6.07, 6.45) is 3.10. The van der Waals surface area contributed by atoms with Gasteiger partial charge in [-0.15, -0.1) is 0 Å².